The molecule has 0 bridgehead atoms. The molecule has 0 unspecified atom stereocenters. The van der Waals surface area contributed by atoms with Crippen molar-refractivity contribution in [2.24, 2.45) is 0 Å². The Morgan fingerprint density at radius 3 is 2.50 bits per heavy atom. The molecule has 0 atom stereocenters. The van der Waals surface area contributed by atoms with Crippen LogP contribution in [0.15, 0.2) is 12.4 Å². The van der Waals surface area contributed by atoms with E-state index in [2.05, 4.69) is 14.5 Å². The van der Waals surface area contributed by atoms with E-state index >= 15 is 0 Å². The molecule has 0 aliphatic heterocycles. The number of rotatable bonds is 3. The fraction of sp³-hybridized carbons (Fsp3) is 0.250. The number of carbonyl (C=O) groups is 1. The Balaban J connectivity index is 3.19. The van der Waals surface area contributed by atoms with Gasteiger partial charge >= 0.3 is 6.36 Å². The van der Waals surface area contributed by atoms with Gasteiger partial charge in [-0.1, -0.05) is 0 Å². The van der Waals surface area contributed by atoms with E-state index in [0.717, 1.165) is 19.5 Å². The van der Waals surface area contributed by atoms with Gasteiger partial charge in [-0.15, -0.1) is 13.2 Å². The number of aromatic nitrogens is 1. The van der Waals surface area contributed by atoms with Crippen LogP contribution in [0.3, 0.4) is 0 Å². The van der Waals surface area contributed by atoms with Gasteiger partial charge in [-0.25, -0.2) is 0 Å². The third-order valence-electron chi connectivity index (χ3n) is 1.51. The van der Waals surface area contributed by atoms with Gasteiger partial charge in [0, 0.05) is 6.20 Å². The first-order valence-corrected chi connectivity index (χ1v) is 4.20. The molecule has 0 aromatic carbocycles. The van der Waals surface area contributed by atoms with E-state index in [4.69, 9.17) is 11.6 Å². The number of halogens is 4. The summed E-state index contributed by atoms with van der Waals surface area (Å²) in [4.78, 5) is 14.2. The van der Waals surface area contributed by atoms with Crippen LogP contribution in [-0.4, -0.2) is 23.7 Å². The van der Waals surface area contributed by atoms with Gasteiger partial charge in [-0.05, 0) is 11.6 Å². The average Bonchev–Trinajstić information content (AvgIpc) is 2.14. The normalized spacial score (nSPS) is 11.1. The van der Waals surface area contributed by atoms with Crippen LogP contribution < -0.4 is 9.47 Å². The molecule has 0 radical (unpaired) electrons. The minimum absolute atomic E-state index is 0.300. The maximum atomic E-state index is 12.0. The van der Waals surface area contributed by atoms with Gasteiger partial charge in [0.1, 0.15) is 0 Å². The average molecular weight is 256 g/mol. The first-order valence-electron chi connectivity index (χ1n) is 3.82. The Morgan fingerprint density at radius 2 is 2.06 bits per heavy atom. The molecule has 8 heteroatoms. The molecule has 0 spiro atoms. The van der Waals surface area contributed by atoms with Crippen molar-refractivity contribution in [2.75, 3.05) is 7.11 Å². The summed E-state index contributed by atoms with van der Waals surface area (Å²) in [5, 5.41) is -0.989. The summed E-state index contributed by atoms with van der Waals surface area (Å²) in [5.41, 5.74) is -0.300. The van der Waals surface area contributed by atoms with Gasteiger partial charge in [0.25, 0.3) is 5.24 Å². The molecular weight excluding hydrogens is 251 g/mol. The van der Waals surface area contributed by atoms with E-state index in [1.165, 1.54) is 0 Å². The molecule has 0 saturated carbocycles. The molecule has 1 rings (SSSR count). The van der Waals surface area contributed by atoms with Crippen molar-refractivity contribution in [3.05, 3.63) is 18.0 Å². The van der Waals surface area contributed by atoms with Crippen molar-refractivity contribution in [3.63, 3.8) is 0 Å². The van der Waals surface area contributed by atoms with E-state index in [9.17, 15) is 18.0 Å². The molecule has 0 aliphatic carbocycles. The van der Waals surface area contributed by atoms with Crippen LogP contribution >= 0.6 is 11.6 Å². The zero-order chi connectivity index (χ0) is 12.3. The maximum Gasteiger partial charge on any atom is 0.573 e. The van der Waals surface area contributed by atoms with Crippen molar-refractivity contribution in [1.82, 2.24) is 4.98 Å². The number of pyridine rings is 1. The Morgan fingerprint density at radius 1 is 1.44 bits per heavy atom. The molecule has 0 N–H and O–H groups in total. The molecule has 4 nitrogen and oxygen atoms in total. The maximum absolute atomic E-state index is 12.0. The zero-order valence-corrected chi connectivity index (χ0v) is 8.59. The van der Waals surface area contributed by atoms with Crippen LogP contribution in [0.1, 0.15) is 10.4 Å². The Kier molecular flexibility index (Phi) is 3.58. The molecule has 0 aliphatic rings. The third kappa shape index (κ3) is 2.99. The molecule has 16 heavy (non-hydrogen) atoms. The van der Waals surface area contributed by atoms with E-state index in [1.54, 1.807) is 0 Å². The lowest BCUT2D eigenvalue weighted by molar-refractivity contribution is -0.275. The predicted octanol–water partition coefficient (Wildman–Crippen LogP) is 2.37. The Labute approximate surface area is 92.9 Å². The van der Waals surface area contributed by atoms with Gasteiger partial charge in [-0.3, -0.25) is 9.78 Å². The topological polar surface area (TPSA) is 48.4 Å². The minimum atomic E-state index is -4.90. The summed E-state index contributed by atoms with van der Waals surface area (Å²) in [5.74, 6) is -1.13. The van der Waals surface area contributed by atoms with Gasteiger partial charge in [0.15, 0.2) is 11.5 Å². The lowest BCUT2D eigenvalue weighted by Crippen LogP contribution is -2.18. The zero-order valence-electron chi connectivity index (χ0n) is 7.84. The molecular formula is C8H5ClF3NO3. The summed E-state index contributed by atoms with van der Waals surface area (Å²) in [6.07, 6.45) is -3.14. The molecule has 0 amide bonds. The van der Waals surface area contributed by atoms with Crippen LogP contribution in [0.5, 0.6) is 11.5 Å². The quantitative estimate of drug-likeness (QED) is 0.778. The molecule has 0 fully saturated rings. The van der Waals surface area contributed by atoms with E-state index in [-0.39, 0.29) is 5.56 Å². The fourth-order valence-corrected chi connectivity index (χ4v) is 1.11. The number of alkyl halides is 3. The molecule has 1 aromatic heterocycles. The van der Waals surface area contributed by atoms with Gasteiger partial charge < -0.3 is 9.47 Å². The minimum Gasteiger partial charge on any atom is -0.492 e. The second kappa shape index (κ2) is 4.56. The molecule has 1 heterocycles. The highest BCUT2D eigenvalue weighted by atomic mass is 35.5. The highest BCUT2D eigenvalue weighted by Gasteiger charge is 2.33. The number of hydrogen-bond donors (Lipinski definition) is 0. The summed E-state index contributed by atoms with van der Waals surface area (Å²) in [6.45, 7) is 0. The van der Waals surface area contributed by atoms with E-state index < -0.39 is 23.1 Å². The monoisotopic (exact) mass is 255 g/mol. The number of nitrogens with zero attached hydrogens (tertiary/aromatic N) is 1. The Bertz CT molecular complexity index is 408. The van der Waals surface area contributed by atoms with Crippen molar-refractivity contribution >= 4 is 16.8 Å². The van der Waals surface area contributed by atoms with Crippen LogP contribution in [0.4, 0.5) is 13.2 Å². The van der Waals surface area contributed by atoms with E-state index in [0.29, 0.717) is 0 Å². The van der Waals surface area contributed by atoms with Gasteiger partial charge in [-0.2, -0.15) is 0 Å². The summed E-state index contributed by atoms with van der Waals surface area (Å²) in [7, 11) is 1.09. The molecule has 88 valence electrons. The van der Waals surface area contributed by atoms with Crippen molar-refractivity contribution < 1.29 is 27.4 Å². The second-order valence-electron chi connectivity index (χ2n) is 2.54. The highest BCUT2D eigenvalue weighted by molar-refractivity contribution is 6.68. The molecule has 0 saturated heterocycles. The lowest BCUT2D eigenvalue weighted by Gasteiger charge is -2.13. The lowest BCUT2D eigenvalue weighted by atomic mass is 10.2. The smallest absolute Gasteiger partial charge is 0.492 e. The number of ether oxygens (including phenoxy) is 2. The fourth-order valence-electron chi connectivity index (χ4n) is 0.977. The summed E-state index contributed by atoms with van der Waals surface area (Å²) >= 11 is 5.13. The van der Waals surface area contributed by atoms with Gasteiger partial charge in [0.05, 0.1) is 18.9 Å². The van der Waals surface area contributed by atoms with Crippen LogP contribution in [0.25, 0.3) is 0 Å². The highest BCUT2D eigenvalue weighted by Crippen LogP contribution is 2.34. The SMILES string of the molecule is COc1c(OC(F)(F)F)cncc1C(=O)Cl. The van der Waals surface area contributed by atoms with Crippen molar-refractivity contribution in [1.29, 1.82) is 0 Å². The first kappa shape index (κ1) is 12.6. The van der Waals surface area contributed by atoms with E-state index in [1.807, 2.05) is 0 Å². The number of methoxy groups -OCH3 is 1. The Hall–Kier alpha value is -1.50. The van der Waals surface area contributed by atoms with Crippen LogP contribution in [0, 0.1) is 0 Å². The van der Waals surface area contributed by atoms with Crippen LogP contribution in [-0.2, 0) is 0 Å². The van der Waals surface area contributed by atoms with Crippen molar-refractivity contribution in [3.8, 4) is 11.5 Å². The van der Waals surface area contributed by atoms with Crippen LogP contribution in [0.2, 0.25) is 0 Å². The largest absolute Gasteiger partial charge is 0.573 e. The van der Waals surface area contributed by atoms with Crippen molar-refractivity contribution in [2.45, 2.75) is 6.36 Å². The third-order valence-corrected chi connectivity index (χ3v) is 1.71. The summed E-state index contributed by atoms with van der Waals surface area (Å²) in [6, 6.07) is 0. The number of hydrogen-bond acceptors (Lipinski definition) is 4. The predicted molar refractivity (Wildman–Crippen MR) is 47.7 cm³/mol. The molecule has 1 aromatic rings. The second-order valence-corrected chi connectivity index (χ2v) is 2.88. The summed E-state index contributed by atoms with van der Waals surface area (Å²) < 4.78 is 44.1. The standard InChI is InChI=1S/C8H5ClF3NO3/c1-15-6-4(7(9)14)2-13-3-5(6)16-8(10,11)12/h2-3H,1H3. The first-order chi connectivity index (χ1) is 7.35. The number of carbonyl (C=O) groups excluding carboxylic acids is 1. The van der Waals surface area contributed by atoms with Gasteiger partial charge in [0.2, 0.25) is 0 Å².